The van der Waals surface area contributed by atoms with Crippen LogP contribution in [0.4, 0.5) is 0 Å². The fraction of sp³-hybridized carbons (Fsp3) is 1.00. The fourth-order valence-electron chi connectivity index (χ4n) is 0.760. The summed E-state index contributed by atoms with van der Waals surface area (Å²) in [7, 11) is 0. The molecular weight excluding hydrogens is 156 g/mol. The molecule has 0 radical (unpaired) electrons. The molecule has 0 bridgehead atoms. The highest BCUT2D eigenvalue weighted by Gasteiger charge is 2.08. The smallest absolute Gasteiger partial charge is 0.0608 e. The van der Waals surface area contributed by atoms with Gasteiger partial charge in [-0.15, -0.1) is 0 Å². The Kier molecular flexibility index (Phi) is 3.23. The Balaban J connectivity index is 2.19. The molecule has 1 N–H and O–H groups in total. The predicted molar refractivity (Wildman–Crippen MR) is 34.4 cm³/mol. The Bertz CT molecular complexity index is 126. The first-order valence-electron chi connectivity index (χ1n) is 2.97. The maximum absolute atomic E-state index is 10.1. The normalized spacial score (nSPS) is 24.5. The first-order valence-corrected chi connectivity index (χ1v) is 4.05. The molecule has 6 heteroatoms. The van der Waals surface area contributed by atoms with Gasteiger partial charge in [-0.25, -0.2) is 5.01 Å². The molecule has 0 aliphatic carbocycles. The summed E-state index contributed by atoms with van der Waals surface area (Å²) in [6, 6.07) is 0. The van der Waals surface area contributed by atoms with Gasteiger partial charge in [0.1, 0.15) is 0 Å². The third-order valence-electron chi connectivity index (χ3n) is 1.21. The summed E-state index contributed by atoms with van der Waals surface area (Å²) in [5.74, 6) is 0. The van der Waals surface area contributed by atoms with Crippen molar-refractivity contribution >= 4 is 11.3 Å². The molecule has 60 valence electrons. The molecule has 0 aromatic carbocycles. The average Bonchev–Trinajstić information content (AvgIpc) is 1.88. The standard InChI is InChI=1S/C4H10N2O3S/c7-10(8)5-6-1-3-9-4-2-6/h5H,1-4H2,(H,7,8)/p-1. The van der Waals surface area contributed by atoms with Gasteiger partial charge in [0.25, 0.3) is 0 Å². The molecule has 1 aliphatic rings. The molecule has 0 amide bonds. The summed E-state index contributed by atoms with van der Waals surface area (Å²) < 4.78 is 25.1. The molecule has 1 unspecified atom stereocenters. The monoisotopic (exact) mass is 165 g/mol. The van der Waals surface area contributed by atoms with Gasteiger partial charge < -0.3 is 9.29 Å². The molecule has 0 aromatic heterocycles. The number of hydrazine groups is 1. The van der Waals surface area contributed by atoms with Crippen molar-refractivity contribution in [3.63, 3.8) is 0 Å². The van der Waals surface area contributed by atoms with Gasteiger partial charge in [-0.05, 0) is 0 Å². The number of nitrogens with zero attached hydrogens (tertiary/aromatic N) is 1. The molecule has 0 saturated carbocycles. The number of rotatable bonds is 2. The van der Waals surface area contributed by atoms with Crippen LogP contribution in [0.3, 0.4) is 0 Å². The lowest BCUT2D eigenvalue weighted by atomic mass is 10.5. The van der Waals surface area contributed by atoms with Crippen molar-refractivity contribution in [2.75, 3.05) is 26.3 Å². The second kappa shape index (κ2) is 3.99. The van der Waals surface area contributed by atoms with Crippen molar-refractivity contribution in [1.82, 2.24) is 9.84 Å². The minimum atomic E-state index is -2.19. The van der Waals surface area contributed by atoms with Crippen molar-refractivity contribution in [3.8, 4) is 0 Å². The van der Waals surface area contributed by atoms with Crippen LogP contribution in [0.25, 0.3) is 0 Å². The summed E-state index contributed by atoms with van der Waals surface area (Å²) in [6.45, 7) is 2.41. The quantitative estimate of drug-likeness (QED) is 0.512. The van der Waals surface area contributed by atoms with E-state index in [9.17, 15) is 8.76 Å². The largest absolute Gasteiger partial charge is 0.759 e. The maximum Gasteiger partial charge on any atom is 0.0608 e. The van der Waals surface area contributed by atoms with Crippen LogP contribution in [0, 0.1) is 0 Å². The highest BCUT2D eigenvalue weighted by atomic mass is 32.2. The van der Waals surface area contributed by atoms with Crippen LogP contribution >= 0.6 is 0 Å². The average molecular weight is 165 g/mol. The fourth-order valence-corrected chi connectivity index (χ4v) is 1.15. The van der Waals surface area contributed by atoms with Crippen LogP contribution in [0.2, 0.25) is 0 Å². The first-order chi connectivity index (χ1) is 4.79. The van der Waals surface area contributed by atoms with E-state index in [1.807, 2.05) is 0 Å². The second-order valence-electron chi connectivity index (χ2n) is 1.93. The van der Waals surface area contributed by atoms with Gasteiger partial charge in [0.05, 0.1) is 13.2 Å². The number of hydrogen-bond acceptors (Lipinski definition) is 4. The number of ether oxygens (including phenoxy) is 1. The van der Waals surface area contributed by atoms with Crippen LogP contribution in [0.1, 0.15) is 0 Å². The molecule has 1 fully saturated rings. The van der Waals surface area contributed by atoms with E-state index in [0.717, 1.165) is 0 Å². The molecule has 1 saturated heterocycles. The molecule has 1 rings (SSSR count). The van der Waals surface area contributed by atoms with E-state index in [-0.39, 0.29) is 0 Å². The van der Waals surface area contributed by atoms with Gasteiger partial charge in [0, 0.05) is 24.4 Å². The lowest BCUT2D eigenvalue weighted by molar-refractivity contribution is 0.0269. The van der Waals surface area contributed by atoms with Crippen molar-refractivity contribution in [3.05, 3.63) is 0 Å². The Morgan fingerprint density at radius 1 is 1.50 bits per heavy atom. The van der Waals surface area contributed by atoms with Crippen LogP contribution < -0.4 is 4.83 Å². The van der Waals surface area contributed by atoms with Gasteiger partial charge in [-0.2, -0.15) is 4.83 Å². The highest BCUT2D eigenvalue weighted by molar-refractivity contribution is 7.76. The Morgan fingerprint density at radius 2 is 2.10 bits per heavy atom. The topological polar surface area (TPSA) is 64.6 Å². The number of nitrogens with one attached hydrogen (secondary N) is 1. The van der Waals surface area contributed by atoms with E-state index in [1.54, 1.807) is 5.01 Å². The molecule has 0 aromatic rings. The van der Waals surface area contributed by atoms with Crippen LogP contribution in [0.15, 0.2) is 0 Å². The van der Waals surface area contributed by atoms with Crippen LogP contribution in [0.5, 0.6) is 0 Å². The van der Waals surface area contributed by atoms with Gasteiger partial charge >= 0.3 is 0 Å². The SMILES string of the molecule is O=S([O-])NN1CCOCC1. The van der Waals surface area contributed by atoms with Crippen LogP contribution in [-0.2, 0) is 16.0 Å². The minimum Gasteiger partial charge on any atom is -0.759 e. The molecule has 1 aliphatic heterocycles. The van der Waals surface area contributed by atoms with E-state index in [2.05, 4.69) is 4.83 Å². The third-order valence-corrected chi connectivity index (χ3v) is 1.62. The van der Waals surface area contributed by atoms with E-state index >= 15 is 0 Å². The molecular formula is C4H9N2O3S-. The minimum absolute atomic E-state index is 0.588. The second-order valence-corrected chi connectivity index (χ2v) is 2.58. The zero-order valence-electron chi connectivity index (χ0n) is 5.41. The summed E-state index contributed by atoms with van der Waals surface area (Å²) in [6.07, 6.45) is 0. The summed E-state index contributed by atoms with van der Waals surface area (Å²) in [5.41, 5.74) is 0. The number of morpholine rings is 1. The maximum atomic E-state index is 10.1. The highest BCUT2D eigenvalue weighted by Crippen LogP contribution is 1.91. The van der Waals surface area contributed by atoms with E-state index in [1.165, 1.54) is 0 Å². The first kappa shape index (κ1) is 8.09. The zero-order valence-corrected chi connectivity index (χ0v) is 6.23. The predicted octanol–water partition coefficient (Wildman–Crippen LogP) is -1.38. The molecule has 1 heterocycles. The lowest BCUT2D eigenvalue weighted by Gasteiger charge is -2.27. The Hall–Kier alpha value is -0.0100. The van der Waals surface area contributed by atoms with Gasteiger partial charge in [0.2, 0.25) is 0 Å². The zero-order chi connectivity index (χ0) is 7.40. The van der Waals surface area contributed by atoms with Crippen LogP contribution in [-0.4, -0.2) is 40.1 Å². The van der Waals surface area contributed by atoms with Crippen molar-refractivity contribution in [1.29, 1.82) is 0 Å². The third kappa shape index (κ3) is 2.72. The van der Waals surface area contributed by atoms with Crippen molar-refractivity contribution < 1.29 is 13.5 Å². The van der Waals surface area contributed by atoms with E-state index < -0.39 is 11.3 Å². The Labute approximate surface area is 61.7 Å². The summed E-state index contributed by atoms with van der Waals surface area (Å²) >= 11 is -2.19. The van der Waals surface area contributed by atoms with E-state index in [4.69, 9.17) is 4.74 Å². The van der Waals surface area contributed by atoms with Crippen molar-refractivity contribution in [2.24, 2.45) is 0 Å². The molecule has 5 nitrogen and oxygen atoms in total. The van der Waals surface area contributed by atoms with E-state index in [0.29, 0.717) is 26.3 Å². The summed E-state index contributed by atoms with van der Waals surface area (Å²) in [4.78, 5) is 2.25. The van der Waals surface area contributed by atoms with Crippen molar-refractivity contribution in [2.45, 2.75) is 0 Å². The van der Waals surface area contributed by atoms with Gasteiger partial charge in [-0.3, -0.25) is 4.21 Å². The number of hydrogen-bond donors (Lipinski definition) is 1. The Morgan fingerprint density at radius 3 is 2.60 bits per heavy atom. The summed E-state index contributed by atoms with van der Waals surface area (Å²) in [5, 5.41) is 1.60. The molecule has 1 atom stereocenters. The molecule has 0 spiro atoms. The van der Waals surface area contributed by atoms with Gasteiger partial charge in [0.15, 0.2) is 0 Å². The molecule has 10 heavy (non-hydrogen) atoms. The lowest BCUT2D eigenvalue weighted by Crippen LogP contribution is -2.46. The van der Waals surface area contributed by atoms with Gasteiger partial charge in [-0.1, -0.05) is 0 Å².